The fourth-order valence-electron chi connectivity index (χ4n) is 2.81. The summed E-state index contributed by atoms with van der Waals surface area (Å²) in [4.78, 5) is 7.98. The highest BCUT2D eigenvalue weighted by Gasteiger charge is 2.29. The maximum absolute atomic E-state index is 9.11. The van der Waals surface area contributed by atoms with Crippen LogP contribution in [0.4, 0.5) is 0 Å². The van der Waals surface area contributed by atoms with Crippen molar-refractivity contribution in [1.82, 2.24) is 9.97 Å². The highest BCUT2D eigenvalue weighted by molar-refractivity contribution is 5.81. The zero-order valence-electron chi connectivity index (χ0n) is 10.2. The van der Waals surface area contributed by atoms with E-state index < -0.39 is 0 Å². The lowest BCUT2D eigenvalue weighted by Crippen LogP contribution is -2.19. The van der Waals surface area contributed by atoms with E-state index in [0.717, 1.165) is 23.3 Å². The molecule has 4 rings (SSSR count). The average molecular weight is 245 g/mol. The molecule has 3 aromatic rings. The van der Waals surface area contributed by atoms with Gasteiger partial charge in [-0.25, -0.2) is 4.98 Å². The molecule has 0 aliphatic heterocycles. The minimum absolute atomic E-state index is 0.343. The summed E-state index contributed by atoms with van der Waals surface area (Å²) in [7, 11) is 0. The molecule has 1 aliphatic rings. The zero-order valence-corrected chi connectivity index (χ0v) is 10.2. The first-order valence-electron chi connectivity index (χ1n) is 6.33. The Bertz CT molecular complexity index is 823. The highest BCUT2D eigenvalue weighted by Crippen LogP contribution is 2.39. The molecule has 1 aromatic heterocycles. The summed E-state index contributed by atoms with van der Waals surface area (Å²) in [5, 5.41) is 9.11. The maximum Gasteiger partial charge on any atom is 0.115 e. The maximum atomic E-state index is 9.11. The second-order valence-electron chi connectivity index (χ2n) is 4.89. The summed E-state index contributed by atoms with van der Waals surface area (Å²) in [6.07, 6.45) is 1.03. The van der Waals surface area contributed by atoms with Gasteiger partial charge >= 0.3 is 0 Å². The quantitative estimate of drug-likeness (QED) is 0.716. The molecule has 3 heteroatoms. The number of rotatable bonds is 1. The number of imidazole rings is 1. The first-order chi connectivity index (χ1) is 9.36. The number of nitriles is 1. The lowest BCUT2D eigenvalue weighted by molar-refractivity contribution is 0.671. The van der Waals surface area contributed by atoms with Gasteiger partial charge in [0.25, 0.3) is 0 Å². The molecule has 0 saturated carbocycles. The molecule has 90 valence electrons. The van der Waals surface area contributed by atoms with Crippen molar-refractivity contribution in [2.45, 2.75) is 12.3 Å². The predicted octanol–water partition coefficient (Wildman–Crippen LogP) is 3.12. The summed E-state index contributed by atoms with van der Waals surface area (Å²) in [6.45, 7) is 0. The van der Waals surface area contributed by atoms with Crippen LogP contribution in [0.2, 0.25) is 0 Å². The molecule has 2 aromatic carbocycles. The van der Waals surface area contributed by atoms with E-state index in [4.69, 9.17) is 5.26 Å². The molecule has 0 saturated heterocycles. The molecule has 0 spiro atoms. The lowest BCUT2D eigenvalue weighted by atomic mass is 9.77. The molecule has 1 heterocycles. The Morgan fingerprint density at radius 1 is 1.16 bits per heavy atom. The zero-order chi connectivity index (χ0) is 12.8. The number of para-hydroxylation sites is 1. The van der Waals surface area contributed by atoms with Crippen LogP contribution in [0.1, 0.15) is 28.4 Å². The Balaban J connectivity index is 1.85. The van der Waals surface area contributed by atoms with Crippen molar-refractivity contribution in [3.05, 3.63) is 65.0 Å². The SMILES string of the molecule is N#Cc1cccc2[nH]c(C3Cc4ccccc43)nc12. The number of hydrogen-bond donors (Lipinski definition) is 1. The minimum Gasteiger partial charge on any atom is -0.341 e. The number of benzene rings is 2. The van der Waals surface area contributed by atoms with E-state index >= 15 is 0 Å². The average Bonchev–Trinajstić information content (AvgIpc) is 2.83. The number of nitrogens with zero attached hydrogens (tertiary/aromatic N) is 2. The van der Waals surface area contributed by atoms with Crippen LogP contribution in [0, 0.1) is 11.3 Å². The largest absolute Gasteiger partial charge is 0.341 e. The van der Waals surface area contributed by atoms with E-state index in [9.17, 15) is 0 Å². The van der Waals surface area contributed by atoms with Crippen LogP contribution in [0.25, 0.3) is 11.0 Å². The van der Waals surface area contributed by atoms with Crippen molar-refractivity contribution in [3.8, 4) is 6.07 Å². The van der Waals surface area contributed by atoms with Gasteiger partial charge in [-0.2, -0.15) is 5.26 Å². The summed E-state index contributed by atoms with van der Waals surface area (Å²) in [5.41, 5.74) is 5.10. The third-order valence-corrected chi connectivity index (χ3v) is 3.84. The topological polar surface area (TPSA) is 52.5 Å². The smallest absolute Gasteiger partial charge is 0.115 e. The second kappa shape index (κ2) is 3.69. The summed E-state index contributed by atoms with van der Waals surface area (Å²) < 4.78 is 0. The van der Waals surface area contributed by atoms with Gasteiger partial charge in [-0.05, 0) is 29.7 Å². The molecule has 1 atom stereocenters. The van der Waals surface area contributed by atoms with Gasteiger partial charge in [0.1, 0.15) is 17.4 Å². The molecule has 0 amide bonds. The molecule has 1 aliphatic carbocycles. The number of aromatic amines is 1. The Morgan fingerprint density at radius 3 is 2.89 bits per heavy atom. The number of fused-ring (bicyclic) bond motifs is 2. The van der Waals surface area contributed by atoms with Gasteiger partial charge in [0.2, 0.25) is 0 Å². The fraction of sp³-hybridized carbons (Fsp3) is 0.125. The molecular formula is C16H11N3. The van der Waals surface area contributed by atoms with Gasteiger partial charge in [-0.15, -0.1) is 0 Å². The molecule has 1 N–H and O–H groups in total. The third-order valence-electron chi connectivity index (χ3n) is 3.84. The van der Waals surface area contributed by atoms with E-state index in [1.807, 2.05) is 18.2 Å². The Kier molecular flexibility index (Phi) is 2.01. The fourth-order valence-corrected chi connectivity index (χ4v) is 2.81. The summed E-state index contributed by atoms with van der Waals surface area (Å²) in [5.74, 6) is 1.31. The van der Waals surface area contributed by atoms with Crippen molar-refractivity contribution in [3.63, 3.8) is 0 Å². The van der Waals surface area contributed by atoms with E-state index in [2.05, 4.69) is 40.3 Å². The van der Waals surface area contributed by atoms with Crippen LogP contribution in [0.15, 0.2) is 42.5 Å². The molecule has 0 bridgehead atoms. The minimum atomic E-state index is 0.343. The van der Waals surface area contributed by atoms with E-state index in [1.165, 1.54) is 11.1 Å². The van der Waals surface area contributed by atoms with Crippen LogP contribution in [0.3, 0.4) is 0 Å². The first kappa shape index (κ1) is 10.3. The van der Waals surface area contributed by atoms with Crippen molar-refractivity contribution in [1.29, 1.82) is 5.26 Å². The van der Waals surface area contributed by atoms with Crippen LogP contribution in [-0.4, -0.2) is 9.97 Å². The molecular weight excluding hydrogens is 234 g/mol. The number of H-pyrrole nitrogens is 1. The van der Waals surface area contributed by atoms with Crippen LogP contribution < -0.4 is 0 Å². The van der Waals surface area contributed by atoms with Gasteiger partial charge < -0.3 is 4.98 Å². The van der Waals surface area contributed by atoms with Gasteiger partial charge in [-0.3, -0.25) is 0 Å². The monoisotopic (exact) mass is 245 g/mol. The lowest BCUT2D eigenvalue weighted by Gasteiger charge is -2.28. The Labute approximate surface area is 110 Å². The van der Waals surface area contributed by atoms with Gasteiger partial charge in [0.05, 0.1) is 11.1 Å². The van der Waals surface area contributed by atoms with Crippen molar-refractivity contribution in [2.24, 2.45) is 0 Å². The van der Waals surface area contributed by atoms with Crippen LogP contribution in [-0.2, 0) is 6.42 Å². The first-order valence-corrected chi connectivity index (χ1v) is 6.33. The van der Waals surface area contributed by atoms with Crippen molar-refractivity contribution >= 4 is 11.0 Å². The molecule has 1 unspecified atom stereocenters. The Hall–Kier alpha value is -2.60. The van der Waals surface area contributed by atoms with Crippen molar-refractivity contribution in [2.75, 3.05) is 0 Å². The molecule has 0 fully saturated rings. The predicted molar refractivity (Wildman–Crippen MR) is 72.8 cm³/mol. The Morgan fingerprint density at radius 2 is 2.05 bits per heavy atom. The van der Waals surface area contributed by atoms with Gasteiger partial charge in [-0.1, -0.05) is 30.3 Å². The van der Waals surface area contributed by atoms with Crippen LogP contribution in [0.5, 0.6) is 0 Å². The third kappa shape index (κ3) is 1.40. The van der Waals surface area contributed by atoms with Gasteiger partial charge in [0.15, 0.2) is 0 Å². The molecule has 0 radical (unpaired) electrons. The van der Waals surface area contributed by atoms with Crippen LogP contribution >= 0.6 is 0 Å². The summed E-state index contributed by atoms with van der Waals surface area (Å²) in [6, 6.07) is 16.3. The second-order valence-corrected chi connectivity index (χ2v) is 4.89. The summed E-state index contributed by atoms with van der Waals surface area (Å²) >= 11 is 0. The van der Waals surface area contributed by atoms with Gasteiger partial charge in [0, 0.05) is 5.92 Å². The normalized spacial score (nSPS) is 16.7. The number of nitrogens with one attached hydrogen (secondary N) is 1. The van der Waals surface area contributed by atoms with Crippen molar-refractivity contribution < 1.29 is 0 Å². The van der Waals surface area contributed by atoms with E-state index in [0.29, 0.717) is 11.5 Å². The number of hydrogen-bond acceptors (Lipinski definition) is 2. The number of aromatic nitrogens is 2. The van der Waals surface area contributed by atoms with E-state index in [-0.39, 0.29) is 0 Å². The standard InChI is InChI=1S/C16H11N3/c17-9-11-5-3-7-14-15(11)19-16(18-14)13-8-10-4-1-2-6-12(10)13/h1-7,13H,8H2,(H,18,19). The highest BCUT2D eigenvalue weighted by atomic mass is 14.9. The van der Waals surface area contributed by atoms with E-state index in [1.54, 1.807) is 0 Å². The molecule has 19 heavy (non-hydrogen) atoms. The molecule has 3 nitrogen and oxygen atoms in total.